The van der Waals surface area contributed by atoms with E-state index in [1.54, 1.807) is 53.1 Å². The number of thiazole rings is 1. The van der Waals surface area contributed by atoms with Crippen molar-refractivity contribution in [2.75, 3.05) is 19.8 Å². The van der Waals surface area contributed by atoms with E-state index in [0.717, 1.165) is 0 Å². The van der Waals surface area contributed by atoms with E-state index in [0.29, 0.717) is 4.96 Å². The maximum absolute atomic E-state index is 13.1. The molecule has 0 saturated heterocycles. The first-order valence-corrected chi connectivity index (χ1v) is 11.3. The summed E-state index contributed by atoms with van der Waals surface area (Å²) in [5, 5.41) is 4.05. The zero-order valence-corrected chi connectivity index (χ0v) is 20.4. The van der Waals surface area contributed by atoms with Crippen LogP contribution in [0.4, 0.5) is 4.79 Å². The van der Waals surface area contributed by atoms with Crippen molar-refractivity contribution in [2.45, 2.75) is 59.1 Å². The number of hydrogen-bond acceptors (Lipinski definition) is 10. The van der Waals surface area contributed by atoms with Gasteiger partial charge in [-0.05, 0) is 41.5 Å². The molecule has 0 unspecified atom stereocenters. The van der Waals surface area contributed by atoms with Gasteiger partial charge in [0.15, 0.2) is 10.7 Å². The van der Waals surface area contributed by atoms with Crippen LogP contribution >= 0.6 is 11.3 Å². The smallest absolute Gasteiger partial charge is 0.409 e. The van der Waals surface area contributed by atoms with Crippen LogP contribution in [0.5, 0.6) is 0 Å². The molecule has 0 bridgehead atoms. The van der Waals surface area contributed by atoms with Crippen LogP contribution in [0.3, 0.4) is 0 Å². The molecular weight excluding hydrogens is 454 g/mol. The van der Waals surface area contributed by atoms with Crippen molar-refractivity contribution in [3.63, 3.8) is 0 Å². The molecule has 2 heterocycles. The fraction of sp³-hybridized carbons (Fsp3) is 0.571. The lowest BCUT2D eigenvalue weighted by Crippen LogP contribution is -2.63. The van der Waals surface area contributed by atoms with E-state index in [2.05, 4.69) is 10.3 Å². The molecule has 1 amide bonds. The molecule has 0 aliphatic heterocycles. The Morgan fingerprint density at radius 1 is 1.00 bits per heavy atom. The zero-order chi connectivity index (χ0) is 24.8. The molecule has 0 fully saturated rings. The molecule has 12 heteroatoms. The average molecular weight is 484 g/mol. The number of nitrogens with zero attached hydrogens (tertiary/aromatic N) is 2. The minimum atomic E-state index is -2.35. The highest BCUT2D eigenvalue weighted by Crippen LogP contribution is 2.25. The van der Waals surface area contributed by atoms with E-state index in [1.165, 1.54) is 15.7 Å². The highest BCUT2D eigenvalue weighted by molar-refractivity contribution is 7.15. The first-order chi connectivity index (χ1) is 15.5. The van der Waals surface area contributed by atoms with Crippen LogP contribution in [-0.4, -0.2) is 64.3 Å². The molecule has 11 nitrogen and oxygen atoms in total. The number of rotatable bonds is 9. The van der Waals surface area contributed by atoms with E-state index in [1.807, 2.05) is 0 Å². The van der Waals surface area contributed by atoms with Crippen molar-refractivity contribution < 1.29 is 38.1 Å². The van der Waals surface area contributed by atoms with Crippen LogP contribution in [0.2, 0.25) is 0 Å². The molecule has 0 saturated carbocycles. The average Bonchev–Trinajstić information content (AvgIpc) is 3.26. The number of imidazole rings is 1. The number of esters is 3. The Balaban J connectivity index is 2.64. The monoisotopic (exact) mass is 483 g/mol. The third-order valence-electron chi connectivity index (χ3n) is 4.20. The number of nitrogens with one attached hydrogen (secondary N) is 1. The predicted molar refractivity (Wildman–Crippen MR) is 118 cm³/mol. The fourth-order valence-corrected chi connectivity index (χ4v) is 3.71. The zero-order valence-electron chi connectivity index (χ0n) is 19.6. The van der Waals surface area contributed by atoms with Gasteiger partial charge in [0.05, 0.1) is 25.5 Å². The van der Waals surface area contributed by atoms with Crippen LogP contribution in [0.25, 0.3) is 4.96 Å². The van der Waals surface area contributed by atoms with Crippen molar-refractivity contribution in [3.8, 4) is 0 Å². The Bertz CT molecular complexity index is 1000. The fourth-order valence-electron chi connectivity index (χ4n) is 2.98. The summed E-state index contributed by atoms with van der Waals surface area (Å²) in [6.45, 7) is 9.61. The van der Waals surface area contributed by atoms with Crippen LogP contribution in [0, 0.1) is 0 Å². The van der Waals surface area contributed by atoms with E-state index in [-0.39, 0.29) is 31.2 Å². The molecule has 0 aliphatic rings. The second-order valence-corrected chi connectivity index (χ2v) is 8.71. The highest BCUT2D eigenvalue weighted by atomic mass is 32.1. The molecule has 2 aromatic rings. The molecule has 0 aromatic carbocycles. The van der Waals surface area contributed by atoms with Gasteiger partial charge in [0, 0.05) is 18.0 Å². The quantitative estimate of drug-likeness (QED) is 0.324. The SMILES string of the molecule is CCOC(=O)c1c(CC(NC(=O)OC(C)(C)C)(C(=O)OCC)C(=O)OCC)nc2sccn12. The molecule has 0 atom stereocenters. The van der Waals surface area contributed by atoms with Crippen molar-refractivity contribution in [1.29, 1.82) is 0 Å². The summed E-state index contributed by atoms with van der Waals surface area (Å²) in [6.07, 6.45) is 0.0507. The summed E-state index contributed by atoms with van der Waals surface area (Å²) >= 11 is 1.24. The lowest BCUT2D eigenvalue weighted by molar-refractivity contribution is -0.166. The van der Waals surface area contributed by atoms with Crippen LogP contribution < -0.4 is 5.32 Å². The number of fused-ring (bicyclic) bond motifs is 1. The first-order valence-electron chi connectivity index (χ1n) is 10.5. The topological polar surface area (TPSA) is 135 Å². The largest absolute Gasteiger partial charge is 0.464 e. The van der Waals surface area contributed by atoms with Gasteiger partial charge in [0.2, 0.25) is 5.54 Å². The third kappa shape index (κ3) is 6.01. The van der Waals surface area contributed by atoms with Crippen molar-refractivity contribution in [3.05, 3.63) is 23.0 Å². The van der Waals surface area contributed by atoms with Gasteiger partial charge in [-0.2, -0.15) is 0 Å². The number of alkyl carbamates (subject to hydrolysis) is 1. The summed E-state index contributed by atoms with van der Waals surface area (Å²) in [4.78, 5) is 56.4. The Kier molecular flexibility index (Phi) is 8.42. The normalized spacial score (nSPS) is 11.7. The third-order valence-corrected chi connectivity index (χ3v) is 4.95. The highest BCUT2D eigenvalue weighted by Gasteiger charge is 2.53. The van der Waals surface area contributed by atoms with E-state index < -0.39 is 41.6 Å². The first kappa shape index (κ1) is 26.1. The summed E-state index contributed by atoms with van der Waals surface area (Å²) in [5.41, 5.74) is -3.18. The summed E-state index contributed by atoms with van der Waals surface area (Å²) in [7, 11) is 0. The van der Waals surface area contributed by atoms with Crippen LogP contribution in [-0.2, 0) is 35.0 Å². The van der Waals surface area contributed by atoms with Gasteiger partial charge in [-0.1, -0.05) is 0 Å². The summed E-state index contributed by atoms with van der Waals surface area (Å²) in [5.74, 6) is -2.83. The Labute approximate surface area is 195 Å². The van der Waals surface area contributed by atoms with Gasteiger partial charge in [-0.15, -0.1) is 11.3 Å². The Morgan fingerprint density at radius 3 is 2.09 bits per heavy atom. The van der Waals surface area contributed by atoms with E-state index in [4.69, 9.17) is 18.9 Å². The van der Waals surface area contributed by atoms with Gasteiger partial charge in [-0.25, -0.2) is 24.2 Å². The number of hydrogen-bond donors (Lipinski definition) is 1. The number of amides is 1. The molecule has 0 radical (unpaired) electrons. The maximum atomic E-state index is 13.1. The van der Waals surface area contributed by atoms with Crippen LogP contribution in [0.1, 0.15) is 57.7 Å². The van der Waals surface area contributed by atoms with Gasteiger partial charge in [0.25, 0.3) is 0 Å². The molecule has 2 aromatic heterocycles. The molecule has 33 heavy (non-hydrogen) atoms. The number of carbonyl (C=O) groups excluding carboxylic acids is 4. The minimum absolute atomic E-state index is 0.0251. The van der Waals surface area contributed by atoms with Crippen molar-refractivity contribution >= 4 is 40.3 Å². The predicted octanol–water partition coefficient (Wildman–Crippen LogP) is 2.50. The standard InChI is InChI=1S/C21H29N3O8S/c1-7-29-15(25)14-13(22-18-24(14)10-11-33-18)12-21(16(26)30-8-2,17(27)31-9-3)23-19(28)32-20(4,5)6/h10-11H,7-9,12H2,1-6H3,(H,23,28). The van der Waals surface area contributed by atoms with Gasteiger partial charge >= 0.3 is 24.0 Å². The van der Waals surface area contributed by atoms with Gasteiger partial charge in [0.1, 0.15) is 5.60 Å². The molecular formula is C21H29N3O8S. The molecule has 0 aliphatic carbocycles. The second-order valence-electron chi connectivity index (χ2n) is 7.83. The van der Waals surface area contributed by atoms with E-state index >= 15 is 0 Å². The maximum Gasteiger partial charge on any atom is 0.409 e. The number of aromatic nitrogens is 2. The number of ether oxygens (including phenoxy) is 4. The second kappa shape index (κ2) is 10.6. The van der Waals surface area contributed by atoms with Crippen molar-refractivity contribution in [1.82, 2.24) is 14.7 Å². The lowest BCUT2D eigenvalue weighted by atomic mass is 9.92. The van der Waals surface area contributed by atoms with Gasteiger partial charge < -0.3 is 18.9 Å². The Hall–Kier alpha value is -3.15. The van der Waals surface area contributed by atoms with Crippen LogP contribution in [0.15, 0.2) is 11.6 Å². The van der Waals surface area contributed by atoms with E-state index in [9.17, 15) is 19.2 Å². The Morgan fingerprint density at radius 2 is 1.58 bits per heavy atom. The molecule has 0 spiro atoms. The molecule has 2 rings (SSSR count). The number of carbonyl (C=O) groups is 4. The molecule has 1 N–H and O–H groups in total. The summed E-state index contributed by atoms with van der Waals surface area (Å²) < 4.78 is 22.1. The van der Waals surface area contributed by atoms with Gasteiger partial charge in [-0.3, -0.25) is 9.72 Å². The van der Waals surface area contributed by atoms with Crippen molar-refractivity contribution in [2.24, 2.45) is 0 Å². The molecule has 182 valence electrons. The summed E-state index contributed by atoms with van der Waals surface area (Å²) in [6, 6.07) is 0. The minimum Gasteiger partial charge on any atom is -0.464 e. The lowest BCUT2D eigenvalue weighted by Gasteiger charge is -2.31.